The number of hydrogen-bond donors (Lipinski definition) is 1. The normalized spacial score (nSPS) is 20.7. The SMILES string of the molecule is COC(OC)c1nc2c(cc1CO[Si](C)(C)C(C)(C)C)CCC[N+]2(C(N)=O)c1cc(OCC2CCO2)c(C#N)cn1. The fraction of sp³-hybridized carbons (Fsp3) is 0.586. The van der Waals surface area contributed by atoms with E-state index in [9.17, 15) is 10.1 Å². The van der Waals surface area contributed by atoms with Gasteiger partial charge < -0.3 is 29.1 Å². The molecule has 2 aromatic rings. The van der Waals surface area contributed by atoms with Crippen LogP contribution in [0.25, 0.3) is 0 Å². The minimum atomic E-state index is -2.08. The highest BCUT2D eigenvalue weighted by molar-refractivity contribution is 6.74. The molecule has 222 valence electrons. The number of fused-ring (bicyclic) bond motifs is 1. The van der Waals surface area contributed by atoms with Crippen molar-refractivity contribution >= 4 is 26.0 Å². The average molecular weight is 585 g/mol. The summed E-state index contributed by atoms with van der Waals surface area (Å²) in [7, 11) is 1.01. The molecule has 2 unspecified atom stereocenters. The zero-order valence-corrected chi connectivity index (χ0v) is 26.2. The zero-order chi connectivity index (χ0) is 30.0. The van der Waals surface area contributed by atoms with Crippen LogP contribution in [0.3, 0.4) is 0 Å². The van der Waals surface area contributed by atoms with E-state index in [0.29, 0.717) is 62.3 Å². The lowest BCUT2D eigenvalue weighted by molar-refractivity contribution is -0.109. The van der Waals surface area contributed by atoms with E-state index in [-0.39, 0.29) is 16.7 Å². The third-order valence-electron chi connectivity index (χ3n) is 8.50. The molecule has 0 spiro atoms. The van der Waals surface area contributed by atoms with E-state index >= 15 is 0 Å². The van der Waals surface area contributed by atoms with Gasteiger partial charge in [-0.2, -0.15) is 10.2 Å². The molecule has 0 aliphatic carbocycles. The molecule has 0 aromatic carbocycles. The minimum Gasteiger partial charge on any atom is -0.489 e. The Bertz CT molecular complexity index is 1320. The van der Waals surface area contributed by atoms with Crippen LogP contribution in [0.5, 0.6) is 5.75 Å². The number of pyridine rings is 2. The Labute approximate surface area is 243 Å². The van der Waals surface area contributed by atoms with Gasteiger partial charge in [0.1, 0.15) is 36.2 Å². The quantitative estimate of drug-likeness (QED) is 0.232. The smallest absolute Gasteiger partial charge is 0.426 e. The van der Waals surface area contributed by atoms with Crippen molar-refractivity contribution in [3.63, 3.8) is 0 Å². The lowest BCUT2D eigenvalue weighted by Gasteiger charge is -2.37. The summed E-state index contributed by atoms with van der Waals surface area (Å²) < 4.78 is 28.8. The van der Waals surface area contributed by atoms with Crippen molar-refractivity contribution in [1.29, 1.82) is 5.26 Å². The maximum atomic E-state index is 13.4. The van der Waals surface area contributed by atoms with Crippen molar-refractivity contribution in [1.82, 2.24) is 14.5 Å². The molecule has 1 saturated heterocycles. The highest BCUT2D eigenvalue weighted by atomic mass is 28.4. The van der Waals surface area contributed by atoms with Crippen molar-refractivity contribution < 1.29 is 28.2 Å². The Hall–Kier alpha value is -2.92. The van der Waals surface area contributed by atoms with Gasteiger partial charge in [-0.05, 0) is 30.6 Å². The molecule has 0 bridgehead atoms. The lowest BCUT2D eigenvalue weighted by atomic mass is 9.99. The molecule has 0 radical (unpaired) electrons. The molecule has 2 aliphatic rings. The Balaban J connectivity index is 1.83. The minimum absolute atomic E-state index is 0.0237. The van der Waals surface area contributed by atoms with E-state index in [1.54, 1.807) is 20.3 Å². The van der Waals surface area contributed by atoms with Gasteiger partial charge in [0.05, 0.1) is 25.0 Å². The van der Waals surface area contributed by atoms with Crippen LogP contribution in [0.15, 0.2) is 18.3 Å². The first kappa shape index (κ1) is 31.0. The van der Waals surface area contributed by atoms with Crippen molar-refractivity contribution in [2.24, 2.45) is 5.73 Å². The molecule has 2 aromatic heterocycles. The number of primary amides is 1. The number of aryl methyl sites for hydroxylation is 1. The van der Waals surface area contributed by atoms with Crippen LogP contribution >= 0.6 is 0 Å². The summed E-state index contributed by atoms with van der Waals surface area (Å²) in [6.07, 6.45) is 2.87. The number of nitrogens with two attached hydrogens (primary N) is 1. The number of quaternary nitrogens is 1. The molecule has 2 atom stereocenters. The number of carbonyl (C=O) groups excluding carboxylic acids is 1. The highest BCUT2D eigenvalue weighted by Crippen LogP contribution is 2.43. The van der Waals surface area contributed by atoms with E-state index < -0.39 is 25.1 Å². The van der Waals surface area contributed by atoms with Crippen LogP contribution in [-0.2, 0) is 31.7 Å². The van der Waals surface area contributed by atoms with Gasteiger partial charge in [0.15, 0.2) is 8.32 Å². The second-order valence-electron chi connectivity index (χ2n) is 12.1. The number of urea groups is 1. The third kappa shape index (κ3) is 6.02. The van der Waals surface area contributed by atoms with E-state index in [4.69, 9.17) is 34.1 Å². The molecular formula is C29H42N5O6Si+. The Kier molecular flexibility index (Phi) is 9.18. The summed E-state index contributed by atoms with van der Waals surface area (Å²) >= 11 is 0. The summed E-state index contributed by atoms with van der Waals surface area (Å²) in [5.74, 6) is 1.11. The Morgan fingerprint density at radius 2 is 2.00 bits per heavy atom. The van der Waals surface area contributed by atoms with Gasteiger partial charge in [0.2, 0.25) is 17.9 Å². The van der Waals surface area contributed by atoms with Gasteiger partial charge in [-0.3, -0.25) is 0 Å². The summed E-state index contributed by atoms with van der Waals surface area (Å²) in [5.41, 5.74) is 8.65. The molecule has 4 rings (SSSR count). The zero-order valence-electron chi connectivity index (χ0n) is 25.2. The number of hydrogen-bond acceptors (Lipinski definition) is 9. The van der Waals surface area contributed by atoms with E-state index in [2.05, 4.69) is 44.9 Å². The predicted molar refractivity (Wildman–Crippen MR) is 156 cm³/mol. The Morgan fingerprint density at radius 1 is 1.29 bits per heavy atom. The van der Waals surface area contributed by atoms with Crippen LogP contribution in [0.4, 0.5) is 16.4 Å². The summed E-state index contributed by atoms with van der Waals surface area (Å²) in [6.45, 7) is 12.7. The van der Waals surface area contributed by atoms with Crippen LogP contribution in [0, 0.1) is 11.3 Å². The Morgan fingerprint density at radius 3 is 2.56 bits per heavy atom. The number of amides is 2. The van der Waals surface area contributed by atoms with E-state index in [0.717, 1.165) is 17.5 Å². The maximum absolute atomic E-state index is 13.4. The van der Waals surface area contributed by atoms with Gasteiger partial charge in [-0.1, -0.05) is 20.8 Å². The van der Waals surface area contributed by atoms with Crippen molar-refractivity contribution in [3.8, 4) is 11.8 Å². The number of nitrogens with zero attached hydrogens (tertiary/aromatic N) is 4. The first-order valence-electron chi connectivity index (χ1n) is 13.9. The molecule has 11 nitrogen and oxygen atoms in total. The van der Waals surface area contributed by atoms with E-state index in [1.165, 1.54) is 6.20 Å². The molecule has 2 amide bonds. The van der Waals surface area contributed by atoms with Gasteiger partial charge in [-0.15, -0.1) is 4.48 Å². The highest BCUT2D eigenvalue weighted by Gasteiger charge is 2.48. The number of ether oxygens (including phenoxy) is 4. The van der Waals surface area contributed by atoms with Crippen LogP contribution in [-0.4, -0.2) is 64.4 Å². The average Bonchev–Trinajstić information content (AvgIpc) is 2.90. The van der Waals surface area contributed by atoms with Crippen molar-refractivity contribution in [2.75, 3.05) is 34.0 Å². The number of carbonyl (C=O) groups is 1. The van der Waals surface area contributed by atoms with Crippen molar-refractivity contribution in [2.45, 2.75) is 77.2 Å². The number of rotatable bonds is 10. The third-order valence-corrected chi connectivity index (χ3v) is 13.0. The fourth-order valence-electron chi connectivity index (χ4n) is 4.84. The standard InChI is InChI=1S/C29H41N5O6Si/c1-29(2,3)41(6,7)40-17-20-13-19-9-8-11-34(28(31)35,26(19)33-25(20)27(36-4)37-5)24-14-23(21(15-30)16-32-24)39-18-22-10-12-38-22/h13-14,16,22,27H,8-12,17-18H2,1-7H3,(H-,31,35)/p+1. The molecule has 2 aliphatic heterocycles. The van der Waals surface area contributed by atoms with Gasteiger partial charge in [0, 0.05) is 44.8 Å². The number of aromatic nitrogens is 2. The van der Waals surface area contributed by atoms with Gasteiger partial charge >= 0.3 is 6.03 Å². The van der Waals surface area contributed by atoms with E-state index in [1.807, 2.05) is 6.07 Å². The molecular weight excluding hydrogens is 542 g/mol. The second kappa shape index (κ2) is 12.1. The summed E-state index contributed by atoms with van der Waals surface area (Å²) in [5, 5.41) is 9.71. The van der Waals surface area contributed by atoms with Crippen LogP contribution < -0.4 is 15.0 Å². The summed E-state index contributed by atoms with van der Waals surface area (Å²) in [4.78, 5) is 23.0. The second-order valence-corrected chi connectivity index (χ2v) is 16.9. The number of nitriles is 1. The summed E-state index contributed by atoms with van der Waals surface area (Å²) in [6, 6.07) is 5.14. The molecule has 4 heterocycles. The molecule has 2 N–H and O–H groups in total. The monoisotopic (exact) mass is 584 g/mol. The van der Waals surface area contributed by atoms with Crippen molar-refractivity contribution in [3.05, 3.63) is 40.7 Å². The lowest BCUT2D eigenvalue weighted by Crippen LogP contribution is -2.56. The molecule has 41 heavy (non-hydrogen) atoms. The number of methoxy groups -OCH3 is 2. The maximum Gasteiger partial charge on any atom is 0.426 e. The molecule has 1 fully saturated rings. The first-order chi connectivity index (χ1) is 19.4. The topological polar surface area (TPSA) is 139 Å². The van der Waals surface area contributed by atoms with Gasteiger partial charge in [0.25, 0.3) is 0 Å². The van der Waals surface area contributed by atoms with Crippen LogP contribution in [0.1, 0.15) is 62.3 Å². The largest absolute Gasteiger partial charge is 0.489 e. The molecule has 0 saturated carbocycles. The first-order valence-corrected chi connectivity index (χ1v) is 16.8. The fourth-order valence-corrected chi connectivity index (χ4v) is 5.78. The van der Waals surface area contributed by atoms with Crippen LogP contribution in [0.2, 0.25) is 18.1 Å². The molecule has 12 heteroatoms. The predicted octanol–water partition coefficient (Wildman–Crippen LogP) is 4.99. The van der Waals surface area contributed by atoms with Gasteiger partial charge in [-0.25, -0.2) is 9.78 Å².